The Hall–Kier alpha value is -1.95. The van der Waals surface area contributed by atoms with Gasteiger partial charge in [-0.2, -0.15) is 0 Å². The molecule has 1 aromatic rings. The molecular weight excluding hydrogens is 384 g/mol. The molecule has 0 radical (unpaired) electrons. The van der Waals surface area contributed by atoms with Crippen molar-refractivity contribution in [3.8, 4) is 0 Å². The van der Waals surface area contributed by atoms with Gasteiger partial charge < -0.3 is 15.4 Å². The van der Waals surface area contributed by atoms with E-state index >= 15 is 0 Å². The van der Waals surface area contributed by atoms with Gasteiger partial charge in [0.05, 0.1) is 7.11 Å². The van der Waals surface area contributed by atoms with Crippen molar-refractivity contribution in [1.82, 2.24) is 5.32 Å². The molecule has 160 valence electrons. The normalized spacial score (nSPS) is 15.4. The summed E-state index contributed by atoms with van der Waals surface area (Å²) in [7, 11) is 1.37. The van der Waals surface area contributed by atoms with Gasteiger partial charge in [-0.1, -0.05) is 57.4 Å². The summed E-state index contributed by atoms with van der Waals surface area (Å²) in [4.78, 5) is 26.4. The van der Waals surface area contributed by atoms with Gasteiger partial charge in [-0.15, -0.1) is 0 Å². The molecular formula is C23H34N2O3S. The minimum atomic E-state index is -0.515. The van der Waals surface area contributed by atoms with E-state index in [0.29, 0.717) is 12.1 Å². The molecule has 1 atom stereocenters. The molecule has 29 heavy (non-hydrogen) atoms. The zero-order valence-corrected chi connectivity index (χ0v) is 18.7. The largest absolute Gasteiger partial charge is 0.467 e. The number of ether oxygens (including phenoxy) is 1. The molecule has 1 amide bonds. The fraction of sp³-hybridized carbons (Fsp3) is 0.565. The van der Waals surface area contributed by atoms with Crippen LogP contribution in [0, 0.1) is 5.92 Å². The van der Waals surface area contributed by atoms with E-state index < -0.39 is 6.04 Å². The van der Waals surface area contributed by atoms with E-state index in [1.807, 2.05) is 19.1 Å². The fourth-order valence-corrected chi connectivity index (χ4v) is 4.36. The van der Waals surface area contributed by atoms with Crippen LogP contribution in [0.4, 0.5) is 5.69 Å². The summed E-state index contributed by atoms with van der Waals surface area (Å²) >= 11 is 1.55. The minimum Gasteiger partial charge on any atom is -0.467 e. The first kappa shape index (κ1) is 23.3. The van der Waals surface area contributed by atoms with E-state index in [1.54, 1.807) is 24.8 Å². The van der Waals surface area contributed by atoms with E-state index in [4.69, 9.17) is 4.74 Å². The van der Waals surface area contributed by atoms with Gasteiger partial charge in [-0.25, -0.2) is 4.79 Å². The summed E-state index contributed by atoms with van der Waals surface area (Å²) in [5.41, 5.74) is 1.32. The molecule has 2 rings (SSSR count). The lowest BCUT2D eigenvalue weighted by Crippen LogP contribution is -2.28. The Balaban J connectivity index is 2.06. The average molecular weight is 419 g/mol. The van der Waals surface area contributed by atoms with Crippen LogP contribution in [0.2, 0.25) is 0 Å². The van der Waals surface area contributed by atoms with Crippen molar-refractivity contribution in [1.29, 1.82) is 0 Å². The number of carbonyl (C=O) groups is 2. The maximum Gasteiger partial charge on any atom is 0.327 e. The first-order chi connectivity index (χ1) is 13.9. The predicted molar refractivity (Wildman–Crippen MR) is 120 cm³/mol. The number of hydrogen-bond acceptors (Lipinski definition) is 5. The fourth-order valence-electron chi connectivity index (χ4n) is 3.54. The molecule has 1 saturated carbocycles. The summed E-state index contributed by atoms with van der Waals surface area (Å²) in [6.45, 7) is 8.54. The van der Waals surface area contributed by atoms with Gasteiger partial charge >= 0.3 is 5.97 Å². The number of benzene rings is 1. The Morgan fingerprint density at radius 1 is 1.28 bits per heavy atom. The van der Waals surface area contributed by atoms with E-state index in [9.17, 15) is 9.59 Å². The molecule has 1 aromatic carbocycles. The molecule has 0 aromatic heterocycles. The molecule has 0 aliphatic heterocycles. The number of hydrogen-bond donors (Lipinski definition) is 2. The van der Waals surface area contributed by atoms with Crippen molar-refractivity contribution in [2.24, 2.45) is 5.92 Å². The maximum absolute atomic E-state index is 12.6. The highest BCUT2D eigenvalue weighted by atomic mass is 32.2. The zero-order valence-electron chi connectivity index (χ0n) is 17.9. The van der Waals surface area contributed by atoms with Gasteiger partial charge in [0, 0.05) is 22.7 Å². The maximum atomic E-state index is 12.6. The summed E-state index contributed by atoms with van der Waals surface area (Å²) in [5, 5.41) is 6.23. The van der Waals surface area contributed by atoms with Crippen LogP contribution in [0.15, 0.2) is 34.6 Å². The van der Waals surface area contributed by atoms with Crippen molar-refractivity contribution < 1.29 is 14.3 Å². The van der Waals surface area contributed by atoms with Crippen LogP contribution in [-0.2, 0) is 9.53 Å². The lowest BCUT2D eigenvalue weighted by molar-refractivity contribution is -0.141. The van der Waals surface area contributed by atoms with Crippen LogP contribution < -0.4 is 10.6 Å². The predicted octanol–water partition coefficient (Wildman–Crippen LogP) is 5.38. The van der Waals surface area contributed by atoms with E-state index in [2.05, 4.69) is 17.2 Å². The second-order valence-electron chi connectivity index (χ2n) is 7.64. The van der Waals surface area contributed by atoms with Crippen LogP contribution in [0.5, 0.6) is 0 Å². The Labute approximate surface area is 179 Å². The highest BCUT2D eigenvalue weighted by molar-refractivity contribution is 8.03. The number of esters is 1. The minimum absolute atomic E-state index is 0.0829. The van der Waals surface area contributed by atoms with Gasteiger partial charge in [0.1, 0.15) is 6.04 Å². The lowest BCUT2D eigenvalue weighted by Gasteiger charge is -2.21. The third kappa shape index (κ3) is 7.42. The molecule has 1 aliphatic rings. The van der Waals surface area contributed by atoms with Crippen LogP contribution >= 0.6 is 11.8 Å². The quantitative estimate of drug-likeness (QED) is 0.395. The Kier molecular flexibility index (Phi) is 9.58. The summed E-state index contributed by atoms with van der Waals surface area (Å²) in [6.07, 6.45) is 8.42. The van der Waals surface area contributed by atoms with E-state index in [-0.39, 0.29) is 11.9 Å². The molecule has 5 nitrogen and oxygen atoms in total. The van der Waals surface area contributed by atoms with Crippen LogP contribution in [-0.4, -0.2) is 31.6 Å². The number of methoxy groups -OCH3 is 1. The number of anilines is 1. The first-order valence-electron chi connectivity index (χ1n) is 10.6. The molecule has 0 bridgehead atoms. The number of amides is 1. The SMILES string of the molecule is C=C(CC)Sc1ccc(C(=O)NCCC2CCCCC2)cc1NC(C)C(=O)OC. The number of thioether (sulfide) groups is 1. The molecule has 1 aliphatic carbocycles. The van der Waals surface area contributed by atoms with Crippen LogP contribution in [0.1, 0.15) is 69.2 Å². The highest BCUT2D eigenvalue weighted by Crippen LogP contribution is 2.34. The van der Waals surface area contributed by atoms with Crippen LogP contribution in [0.3, 0.4) is 0 Å². The van der Waals surface area contributed by atoms with E-state index in [1.165, 1.54) is 39.2 Å². The molecule has 0 heterocycles. The molecule has 6 heteroatoms. The van der Waals surface area contributed by atoms with Gasteiger partial charge in [0.15, 0.2) is 0 Å². The van der Waals surface area contributed by atoms with Gasteiger partial charge in [0.25, 0.3) is 5.91 Å². The standard InChI is InChI=1S/C23H34N2O3S/c1-5-16(2)29-21-12-11-19(15-20(21)25-17(3)23(27)28-4)22(26)24-14-13-18-9-7-6-8-10-18/h11-12,15,17-18,25H,2,5-10,13-14H2,1,3-4H3,(H,24,26). The molecule has 1 fully saturated rings. The van der Waals surface area contributed by atoms with Crippen LogP contribution in [0.25, 0.3) is 0 Å². The number of rotatable bonds is 10. The van der Waals surface area contributed by atoms with Crippen molar-refractivity contribution in [3.63, 3.8) is 0 Å². The van der Waals surface area contributed by atoms with Crippen molar-refractivity contribution in [2.45, 2.75) is 69.7 Å². The van der Waals surface area contributed by atoms with Gasteiger partial charge in [0.2, 0.25) is 0 Å². The Morgan fingerprint density at radius 3 is 2.66 bits per heavy atom. The first-order valence-corrected chi connectivity index (χ1v) is 11.4. The topological polar surface area (TPSA) is 67.4 Å². The second-order valence-corrected chi connectivity index (χ2v) is 8.86. The van der Waals surface area contributed by atoms with Gasteiger partial charge in [-0.3, -0.25) is 4.79 Å². The van der Waals surface area contributed by atoms with E-state index in [0.717, 1.165) is 34.2 Å². The Bertz CT molecular complexity index is 714. The number of carbonyl (C=O) groups excluding carboxylic acids is 2. The highest BCUT2D eigenvalue weighted by Gasteiger charge is 2.18. The summed E-state index contributed by atoms with van der Waals surface area (Å²) in [5.74, 6) is 0.305. The summed E-state index contributed by atoms with van der Waals surface area (Å²) < 4.78 is 4.81. The summed E-state index contributed by atoms with van der Waals surface area (Å²) in [6, 6.07) is 5.03. The smallest absolute Gasteiger partial charge is 0.327 e. The number of allylic oxidation sites excluding steroid dienone is 1. The monoisotopic (exact) mass is 418 g/mol. The lowest BCUT2D eigenvalue weighted by atomic mass is 9.87. The molecule has 0 saturated heterocycles. The third-order valence-corrected chi connectivity index (χ3v) is 6.53. The van der Waals surface area contributed by atoms with Crippen molar-refractivity contribution in [2.75, 3.05) is 19.0 Å². The Morgan fingerprint density at radius 2 is 2.00 bits per heavy atom. The average Bonchev–Trinajstić information content (AvgIpc) is 2.74. The van der Waals surface area contributed by atoms with Gasteiger partial charge in [-0.05, 0) is 48.8 Å². The number of nitrogens with one attached hydrogen (secondary N) is 2. The molecule has 0 spiro atoms. The van der Waals surface area contributed by atoms with Crippen molar-refractivity contribution in [3.05, 3.63) is 35.2 Å². The zero-order chi connectivity index (χ0) is 21.2. The second kappa shape index (κ2) is 11.9. The molecule has 2 N–H and O–H groups in total. The third-order valence-electron chi connectivity index (χ3n) is 5.38. The van der Waals surface area contributed by atoms with Crippen molar-refractivity contribution >= 4 is 29.3 Å². The molecule has 1 unspecified atom stereocenters.